The Kier molecular flexibility index (Phi) is 5.22. The van der Waals surface area contributed by atoms with Gasteiger partial charge in [0.25, 0.3) is 5.91 Å². The van der Waals surface area contributed by atoms with Crippen LogP contribution in [0.2, 0.25) is 0 Å². The normalized spacial score (nSPS) is 18.9. The average Bonchev–Trinajstić information content (AvgIpc) is 2.87. The molecule has 2 nitrogen and oxygen atoms in total. The first-order valence-electron chi connectivity index (χ1n) is 6.45. The lowest BCUT2D eigenvalue weighted by Crippen LogP contribution is -2.35. The third-order valence-electron chi connectivity index (χ3n) is 3.48. The van der Waals surface area contributed by atoms with Gasteiger partial charge >= 0.3 is 0 Å². The summed E-state index contributed by atoms with van der Waals surface area (Å²) < 4.78 is 13.5. The van der Waals surface area contributed by atoms with Crippen molar-refractivity contribution in [3.63, 3.8) is 0 Å². The summed E-state index contributed by atoms with van der Waals surface area (Å²) in [4.78, 5) is 14.3. The number of hydrogen-bond donors (Lipinski definition) is 0. The number of benzene rings is 1. The minimum absolute atomic E-state index is 0.0160. The van der Waals surface area contributed by atoms with Gasteiger partial charge in [-0.25, -0.2) is 4.39 Å². The van der Waals surface area contributed by atoms with Gasteiger partial charge in [0, 0.05) is 24.0 Å². The van der Waals surface area contributed by atoms with Crippen LogP contribution in [-0.4, -0.2) is 29.3 Å². The van der Waals surface area contributed by atoms with Gasteiger partial charge < -0.3 is 4.90 Å². The van der Waals surface area contributed by atoms with Crippen LogP contribution in [0.15, 0.2) is 22.7 Å². The van der Waals surface area contributed by atoms with E-state index in [0.717, 1.165) is 32.2 Å². The number of likely N-dealkylation sites (tertiary alicyclic amines) is 1. The van der Waals surface area contributed by atoms with E-state index in [4.69, 9.17) is 11.6 Å². The molecule has 0 bridgehead atoms. The second-order valence-corrected chi connectivity index (χ2v) is 5.99. The lowest BCUT2D eigenvalue weighted by atomic mass is 10.1. The molecule has 104 valence electrons. The molecule has 1 amide bonds. The molecule has 1 saturated heterocycles. The monoisotopic (exact) mass is 347 g/mol. The quantitative estimate of drug-likeness (QED) is 0.746. The largest absolute Gasteiger partial charge is 0.336 e. The second-order valence-electron chi connectivity index (χ2n) is 4.75. The van der Waals surface area contributed by atoms with E-state index in [2.05, 4.69) is 15.9 Å². The van der Waals surface area contributed by atoms with Crippen molar-refractivity contribution in [2.45, 2.75) is 31.7 Å². The number of carbonyl (C=O) groups is 1. The van der Waals surface area contributed by atoms with Crippen molar-refractivity contribution < 1.29 is 9.18 Å². The third-order valence-corrected chi connectivity index (χ3v) is 4.35. The molecule has 2 rings (SSSR count). The van der Waals surface area contributed by atoms with Crippen molar-refractivity contribution in [3.05, 3.63) is 34.1 Å². The van der Waals surface area contributed by atoms with Gasteiger partial charge in [-0.15, -0.1) is 11.6 Å². The van der Waals surface area contributed by atoms with Gasteiger partial charge in [0.05, 0.1) is 4.47 Å². The van der Waals surface area contributed by atoms with E-state index >= 15 is 0 Å². The molecule has 19 heavy (non-hydrogen) atoms. The minimum Gasteiger partial charge on any atom is -0.336 e. The fourth-order valence-corrected chi connectivity index (χ4v) is 3.04. The van der Waals surface area contributed by atoms with E-state index in [0.29, 0.717) is 15.9 Å². The van der Waals surface area contributed by atoms with Crippen molar-refractivity contribution >= 4 is 33.4 Å². The molecule has 1 heterocycles. The smallest absolute Gasteiger partial charge is 0.254 e. The zero-order valence-electron chi connectivity index (χ0n) is 10.5. The summed E-state index contributed by atoms with van der Waals surface area (Å²) in [6, 6.07) is 4.69. The number of rotatable bonds is 4. The maximum absolute atomic E-state index is 13.2. The van der Waals surface area contributed by atoms with Gasteiger partial charge in [0.2, 0.25) is 0 Å². The van der Waals surface area contributed by atoms with E-state index in [-0.39, 0.29) is 17.8 Å². The number of hydrogen-bond acceptors (Lipinski definition) is 1. The molecular weight excluding hydrogens is 333 g/mol. The molecule has 0 aromatic heterocycles. The summed E-state index contributed by atoms with van der Waals surface area (Å²) in [5, 5.41) is 0. The van der Waals surface area contributed by atoms with Crippen LogP contribution in [0.1, 0.15) is 36.0 Å². The Bertz CT molecular complexity index is 469. The maximum Gasteiger partial charge on any atom is 0.254 e. The molecule has 1 aromatic carbocycles. The predicted octanol–water partition coefficient (Wildman–Crippen LogP) is 4.21. The van der Waals surface area contributed by atoms with Crippen LogP contribution in [0.25, 0.3) is 0 Å². The number of alkyl halides is 1. The van der Waals surface area contributed by atoms with Crippen LogP contribution in [0.5, 0.6) is 0 Å². The van der Waals surface area contributed by atoms with Crippen molar-refractivity contribution in [3.8, 4) is 0 Å². The molecule has 0 spiro atoms. The minimum atomic E-state index is -0.350. The van der Waals surface area contributed by atoms with Crippen molar-refractivity contribution in [1.29, 1.82) is 0 Å². The molecule has 1 fully saturated rings. The molecule has 1 unspecified atom stereocenters. The summed E-state index contributed by atoms with van der Waals surface area (Å²) in [6.07, 6.45) is 3.92. The van der Waals surface area contributed by atoms with Gasteiger partial charge in [0.1, 0.15) is 5.82 Å². The molecule has 0 saturated carbocycles. The Labute approximate surface area is 126 Å². The van der Waals surface area contributed by atoms with Crippen LogP contribution in [0.3, 0.4) is 0 Å². The zero-order valence-corrected chi connectivity index (χ0v) is 12.9. The first-order chi connectivity index (χ1) is 9.13. The fourth-order valence-electron chi connectivity index (χ4n) is 2.51. The highest BCUT2D eigenvalue weighted by Crippen LogP contribution is 2.25. The summed E-state index contributed by atoms with van der Waals surface area (Å²) in [5.41, 5.74) is 0.533. The lowest BCUT2D eigenvalue weighted by Gasteiger charge is -2.24. The van der Waals surface area contributed by atoms with E-state index in [1.54, 1.807) is 12.1 Å². The molecule has 1 aliphatic heterocycles. The lowest BCUT2D eigenvalue weighted by molar-refractivity contribution is 0.0730. The van der Waals surface area contributed by atoms with Crippen LogP contribution in [-0.2, 0) is 0 Å². The maximum atomic E-state index is 13.2. The highest BCUT2D eigenvalue weighted by atomic mass is 79.9. The number of carbonyl (C=O) groups excluding carboxylic acids is 1. The summed E-state index contributed by atoms with van der Waals surface area (Å²) in [6.45, 7) is 0.779. The Hall–Kier alpha value is -0.610. The Morgan fingerprint density at radius 1 is 1.53 bits per heavy atom. The van der Waals surface area contributed by atoms with Crippen LogP contribution < -0.4 is 0 Å². The third kappa shape index (κ3) is 3.48. The first kappa shape index (κ1) is 14.8. The first-order valence-corrected chi connectivity index (χ1v) is 7.78. The van der Waals surface area contributed by atoms with Gasteiger partial charge in [-0.05, 0) is 59.8 Å². The van der Waals surface area contributed by atoms with Crippen molar-refractivity contribution in [2.75, 3.05) is 12.4 Å². The van der Waals surface area contributed by atoms with E-state index in [1.165, 1.54) is 6.07 Å². The molecule has 1 aromatic rings. The van der Waals surface area contributed by atoms with E-state index in [9.17, 15) is 9.18 Å². The van der Waals surface area contributed by atoms with E-state index in [1.807, 2.05) is 4.90 Å². The number of halogens is 3. The SMILES string of the molecule is O=C(c1ccc(F)c(Br)c1)N1CCCC1CCCCl. The van der Waals surface area contributed by atoms with Gasteiger partial charge in [0.15, 0.2) is 0 Å². The standard InChI is InChI=1S/C14H16BrClFNO/c15-12-9-10(5-6-13(12)17)14(19)18-8-2-4-11(18)3-1-7-16/h5-6,9,11H,1-4,7-8H2. The Balaban J connectivity index is 2.11. The van der Waals surface area contributed by atoms with Crippen molar-refractivity contribution in [2.24, 2.45) is 0 Å². The molecule has 0 radical (unpaired) electrons. The molecule has 0 aliphatic carbocycles. The fraction of sp³-hybridized carbons (Fsp3) is 0.500. The molecule has 5 heteroatoms. The molecule has 1 aliphatic rings. The van der Waals surface area contributed by atoms with Crippen LogP contribution >= 0.6 is 27.5 Å². The van der Waals surface area contributed by atoms with E-state index < -0.39 is 0 Å². The van der Waals surface area contributed by atoms with Crippen molar-refractivity contribution in [1.82, 2.24) is 4.90 Å². The van der Waals surface area contributed by atoms with Gasteiger partial charge in [-0.3, -0.25) is 4.79 Å². The summed E-state index contributed by atoms with van der Waals surface area (Å²) in [5.74, 6) is 0.259. The summed E-state index contributed by atoms with van der Waals surface area (Å²) >= 11 is 8.83. The molecule has 0 N–H and O–H groups in total. The zero-order chi connectivity index (χ0) is 13.8. The Morgan fingerprint density at radius 2 is 2.32 bits per heavy atom. The van der Waals surface area contributed by atoms with Crippen LogP contribution in [0, 0.1) is 5.82 Å². The molecule has 1 atom stereocenters. The topological polar surface area (TPSA) is 20.3 Å². The van der Waals surface area contributed by atoms with Gasteiger partial charge in [-0.2, -0.15) is 0 Å². The Morgan fingerprint density at radius 3 is 3.00 bits per heavy atom. The van der Waals surface area contributed by atoms with Gasteiger partial charge in [-0.1, -0.05) is 0 Å². The number of nitrogens with zero attached hydrogens (tertiary/aromatic N) is 1. The predicted molar refractivity (Wildman–Crippen MR) is 78.1 cm³/mol. The highest BCUT2D eigenvalue weighted by molar-refractivity contribution is 9.10. The van der Waals surface area contributed by atoms with Crippen LogP contribution in [0.4, 0.5) is 4.39 Å². The highest BCUT2D eigenvalue weighted by Gasteiger charge is 2.29. The summed E-state index contributed by atoms with van der Waals surface area (Å²) in [7, 11) is 0. The second kappa shape index (κ2) is 6.71. The number of amides is 1. The molecular formula is C14H16BrClFNO. The average molecular weight is 349 g/mol.